The van der Waals surface area contributed by atoms with E-state index in [1.807, 2.05) is 60.8 Å². The van der Waals surface area contributed by atoms with Crippen molar-refractivity contribution in [3.05, 3.63) is 95.4 Å². The number of carbonyl (C=O) groups is 1. The zero-order valence-corrected chi connectivity index (χ0v) is 14.6. The van der Waals surface area contributed by atoms with Gasteiger partial charge in [0.2, 0.25) is 0 Å². The smallest absolute Gasteiger partial charge is 0.355 e. The summed E-state index contributed by atoms with van der Waals surface area (Å²) < 4.78 is 7.67. The molecule has 26 heavy (non-hydrogen) atoms. The van der Waals surface area contributed by atoms with Gasteiger partial charge in [0.05, 0.1) is 5.52 Å². The highest BCUT2D eigenvalue weighted by Gasteiger charge is 2.18. The second-order valence-corrected chi connectivity index (χ2v) is 6.38. The van der Waals surface area contributed by atoms with E-state index < -0.39 is 0 Å². The quantitative estimate of drug-likeness (QED) is 0.534. The van der Waals surface area contributed by atoms with Crippen molar-refractivity contribution < 1.29 is 9.53 Å². The minimum Gasteiger partial charge on any atom is -0.456 e. The number of aryl methyl sites for hydroxylation is 1. The average molecular weight is 344 g/mol. The number of benzene rings is 2. The first-order valence-electron chi connectivity index (χ1n) is 8.64. The van der Waals surface area contributed by atoms with Gasteiger partial charge in [-0.2, -0.15) is 0 Å². The number of nitrogens with one attached hydrogen (secondary N) is 1. The highest BCUT2D eigenvalue weighted by atomic mass is 16.5. The molecule has 0 saturated heterocycles. The first-order chi connectivity index (χ1) is 12.7. The van der Waals surface area contributed by atoms with E-state index in [-0.39, 0.29) is 12.6 Å². The van der Waals surface area contributed by atoms with Gasteiger partial charge >= 0.3 is 5.97 Å². The molecule has 0 bridgehead atoms. The molecule has 0 saturated carbocycles. The first kappa shape index (κ1) is 16.2. The van der Waals surface area contributed by atoms with Gasteiger partial charge in [-0.25, -0.2) is 4.79 Å². The first-order valence-corrected chi connectivity index (χ1v) is 8.64. The van der Waals surface area contributed by atoms with Crippen molar-refractivity contribution >= 4 is 16.9 Å². The van der Waals surface area contributed by atoms with Crippen LogP contribution in [0.25, 0.3) is 10.9 Å². The molecule has 0 radical (unpaired) electrons. The fourth-order valence-corrected chi connectivity index (χ4v) is 3.21. The Morgan fingerprint density at radius 2 is 1.65 bits per heavy atom. The summed E-state index contributed by atoms with van der Waals surface area (Å²) in [6, 6.07) is 22.0. The molecule has 2 aromatic heterocycles. The highest BCUT2D eigenvalue weighted by molar-refractivity contribution is 6.03. The van der Waals surface area contributed by atoms with E-state index in [1.165, 1.54) is 5.56 Å². The summed E-state index contributed by atoms with van der Waals surface area (Å²) in [4.78, 5) is 15.6. The lowest BCUT2D eigenvalue weighted by Gasteiger charge is -2.07. The molecule has 0 aliphatic rings. The Balaban J connectivity index is 1.57. The standard InChI is InChI=1S/C22H20N2O2/c1-16-12-19-20(24(16)14-17-8-4-2-5-9-17)13-23-21(19)22(25)26-15-18-10-6-3-7-11-18/h2-13,23H,14-15H2,1H3. The number of hydrogen-bond acceptors (Lipinski definition) is 2. The molecule has 1 N–H and O–H groups in total. The van der Waals surface area contributed by atoms with Crippen LogP contribution in [0.5, 0.6) is 0 Å². The van der Waals surface area contributed by atoms with E-state index in [9.17, 15) is 4.79 Å². The predicted molar refractivity (Wildman–Crippen MR) is 102 cm³/mol. The molecule has 0 spiro atoms. The Morgan fingerprint density at radius 1 is 1.00 bits per heavy atom. The Hall–Kier alpha value is -3.27. The number of fused-ring (bicyclic) bond motifs is 1. The van der Waals surface area contributed by atoms with Gasteiger partial charge in [0, 0.05) is 23.8 Å². The molecule has 0 unspecified atom stereocenters. The number of nitrogens with zero attached hydrogens (tertiary/aromatic N) is 1. The van der Waals surface area contributed by atoms with Crippen molar-refractivity contribution in [2.45, 2.75) is 20.1 Å². The SMILES string of the molecule is Cc1cc2c(C(=O)OCc3ccccc3)[nH]cc2n1Cc1ccccc1. The van der Waals surface area contributed by atoms with Crippen molar-refractivity contribution in [1.82, 2.24) is 9.55 Å². The van der Waals surface area contributed by atoms with Gasteiger partial charge in [0.1, 0.15) is 12.3 Å². The van der Waals surface area contributed by atoms with Gasteiger partial charge in [0.25, 0.3) is 0 Å². The molecule has 2 heterocycles. The topological polar surface area (TPSA) is 47.0 Å². The molecule has 2 aromatic carbocycles. The van der Waals surface area contributed by atoms with E-state index >= 15 is 0 Å². The number of hydrogen-bond donors (Lipinski definition) is 1. The minimum atomic E-state index is -0.333. The van der Waals surface area contributed by atoms with Gasteiger partial charge in [0.15, 0.2) is 0 Å². The zero-order valence-electron chi connectivity index (χ0n) is 14.6. The molecule has 130 valence electrons. The summed E-state index contributed by atoms with van der Waals surface area (Å²) in [5.41, 5.74) is 4.83. The zero-order chi connectivity index (χ0) is 17.9. The molecule has 0 aliphatic carbocycles. The molecule has 0 amide bonds. The van der Waals surface area contributed by atoms with Crippen LogP contribution in [0, 0.1) is 6.92 Å². The average Bonchev–Trinajstić information content (AvgIpc) is 3.21. The van der Waals surface area contributed by atoms with E-state index in [4.69, 9.17) is 4.74 Å². The number of ether oxygens (including phenoxy) is 1. The Labute approximate surface area is 152 Å². The van der Waals surface area contributed by atoms with Gasteiger partial charge in [-0.05, 0) is 24.1 Å². The van der Waals surface area contributed by atoms with E-state index in [2.05, 4.69) is 28.6 Å². The van der Waals surface area contributed by atoms with Crippen molar-refractivity contribution in [3.63, 3.8) is 0 Å². The normalized spacial score (nSPS) is 11.0. The number of carbonyl (C=O) groups excluding carboxylic acids is 1. The molecule has 4 aromatic rings. The molecule has 4 rings (SSSR count). The molecular formula is C22H20N2O2. The Bertz CT molecular complexity index is 1030. The lowest BCUT2D eigenvalue weighted by molar-refractivity contribution is 0.0469. The lowest BCUT2D eigenvalue weighted by atomic mass is 10.2. The summed E-state index contributed by atoms with van der Waals surface area (Å²) in [7, 11) is 0. The van der Waals surface area contributed by atoms with Crippen LogP contribution in [-0.2, 0) is 17.9 Å². The number of esters is 1. The van der Waals surface area contributed by atoms with Crippen LogP contribution in [-0.4, -0.2) is 15.5 Å². The van der Waals surface area contributed by atoms with Crippen LogP contribution in [0.3, 0.4) is 0 Å². The molecular weight excluding hydrogens is 324 g/mol. The third-order valence-electron chi connectivity index (χ3n) is 4.57. The van der Waals surface area contributed by atoms with Crippen LogP contribution in [0.1, 0.15) is 27.3 Å². The molecule has 4 heteroatoms. The second kappa shape index (κ2) is 6.92. The Kier molecular flexibility index (Phi) is 4.32. The fourth-order valence-electron chi connectivity index (χ4n) is 3.21. The number of H-pyrrole nitrogens is 1. The van der Waals surface area contributed by atoms with Crippen LogP contribution < -0.4 is 0 Å². The lowest BCUT2D eigenvalue weighted by Crippen LogP contribution is -2.05. The van der Waals surface area contributed by atoms with Gasteiger partial charge in [-0.1, -0.05) is 60.7 Å². The van der Waals surface area contributed by atoms with Crippen molar-refractivity contribution in [3.8, 4) is 0 Å². The minimum absolute atomic E-state index is 0.268. The number of aromatic amines is 1. The summed E-state index contributed by atoms with van der Waals surface area (Å²) in [5.74, 6) is -0.333. The molecule has 4 nitrogen and oxygen atoms in total. The maximum atomic E-state index is 12.5. The van der Waals surface area contributed by atoms with Crippen LogP contribution in [0.15, 0.2) is 72.9 Å². The summed E-state index contributed by atoms with van der Waals surface area (Å²) in [6.45, 7) is 3.10. The largest absolute Gasteiger partial charge is 0.456 e. The third-order valence-corrected chi connectivity index (χ3v) is 4.57. The van der Waals surface area contributed by atoms with Crippen molar-refractivity contribution in [2.24, 2.45) is 0 Å². The van der Waals surface area contributed by atoms with Crippen LogP contribution in [0.2, 0.25) is 0 Å². The van der Waals surface area contributed by atoms with Gasteiger partial charge < -0.3 is 14.3 Å². The van der Waals surface area contributed by atoms with Crippen molar-refractivity contribution in [1.29, 1.82) is 0 Å². The van der Waals surface area contributed by atoms with E-state index in [0.717, 1.165) is 28.7 Å². The molecule has 0 aliphatic heterocycles. The maximum absolute atomic E-state index is 12.5. The molecule has 0 atom stereocenters. The second-order valence-electron chi connectivity index (χ2n) is 6.38. The number of aromatic nitrogens is 2. The van der Waals surface area contributed by atoms with E-state index in [0.29, 0.717) is 5.69 Å². The number of rotatable bonds is 5. The Morgan fingerprint density at radius 3 is 2.35 bits per heavy atom. The monoisotopic (exact) mass is 344 g/mol. The van der Waals surface area contributed by atoms with Crippen molar-refractivity contribution in [2.75, 3.05) is 0 Å². The summed E-state index contributed by atoms with van der Waals surface area (Å²) in [5, 5.41) is 0.900. The third kappa shape index (κ3) is 3.14. The predicted octanol–water partition coefficient (Wildman–Crippen LogP) is 4.68. The van der Waals surface area contributed by atoms with Gasteiger partial charge in [-0.3, -0.25) is 0 Å². The maximum Gasteiger partial charge on any atom is 0.355 e. The molecule has 0 fully saturated rings. The van der Waals surface area contributed by atoms with Crippen LogP contribution >= 0.6 is 0 Å². The van der Waals surface area contributed by atoms with E-state index in [1.54, 1.807) is 0 Å². The summed E-state index contributed by atoms with van der Waals surface area (Å²) >= 11 is 0. The van der Waals surface area contributed by atoms with Crippen LogP contribution in [0.4, 0.5) is 0 Å². The highest BCUT2D eigenvalue weighted by Crippen LogP contribution is 2.25. The fraction of sp³-hybridized carbons (Fsp3) is 0.136. The van der Waals surface area contributed by atoms with Gasteiger partial charge in [-0.15, -0.1) is 0 Å². The summed E-state index contributed by atoms with van der Waals surface area (Å²) in [6.07, 6.45) is 1.88.